The highest BCUT2D eigenvalue weighted by atomic mass is 19.4. The number of hydrogen-bond donors (Lipinski definition) is 1. The van der Waals surface area contributed by atoms with E-state index in [1.54, 1.807) is 11.0 Å². The first-order chi connectivity index (χ1) is 20.1. The minimum Gasteiger partial charge on any atom is -0.357 e. The van der Waals surface area contributed by atoms with Crippen LogP contribution in [0.15, 0.2) is 36.4 Å². The number of likely N-dealkylation sites (tertiary alicyclic amines) is 1. The SMILES string of the molecule is O=C1CCC(N2Cc3nc(N4CCC(C5CCN(C(=O)c6cccc(C(F)(F)F)c6)CC5)CC4)ccc3C2=O)C(=O)N1. The highest BCUT2D eigenvalue weighted by Gasteiger charge is 2.40. The van der Waals surface area contributed by atoms with E-state index in [-0.39, 0.29) is 36.3 Å². The minimum absolute atomic E-state index is 0.0698. The van der Waals surface area contributed by atoms with Crippen molar-refractivity contribution < 1.29 is 32.3 Å². The number of hydrogen-bond acceptors (Lipinski definition) is 6. The monoisotopic (exact) mass is 583 g/mol. The predicted molar refractivity (Wildman–Crippen MR) is 145 cm³/mol. The van der Waals surface area contributed by atoms with Crippen LogP contribution < -0.4 is 10.2 Å². The van der Waals surface area contributed by atoms with Crippen LogP contribution in [0.4, 0.5) is 19.0 Å². The van der Waals surface area contributed by atoms with Crippen LogP contribution in [0, 0.1) is 11.8 Å². The Hall–Kier alpha value is -3.96. The zero-order chi connectivity index (χ0) is 29.6. The lowest BCUT2D eigenvalue weighted by Gasteiger charge is -2.40. The molecule has 0 saturated carbocycles. The van der Waals surface area contributed by atoms with Crippen molar-refractivity contribution in [1.29, 1.82) is 0 Å². The first-order valence-electron chi connectivity index (χ1n) is 14.4. The molecule has 1 unspecified atom stereocenters. The third-order valence-electron chi connectivity index (χ3n) is 9.15. The summed E-state index contributed by atoms with van der Waals surface area (Å²) in [7, 11) is 0. The Morgan fingerprint density at radius 1 is 0.905 bits per heavy atom. The summed E-state index contributed by atoms with van der Waals surface area (Å²) in [5, 5.41) is 2.31. The Morgan fingerprint density at radius 2 is 1.60 bits per heavy atom. The van der Waals surface area contributed by atoms with Gasteiger partial charge in [-0.05, 0) is 74.3 Å². The van der Waals surface area contributed by atoms with E-state index in [2.05, 4.69) is 10.2 Å². The molecule has 1 N–H and O–H groups in total. The molecule has 3 saturated heterocycles. The second-order valence-electron chi connectivity index (χ2n) is 11.6. The topological polar surface area (TPSA) is 103 Å². The fourth-order valence-electron chi connectivity index (χ4n) is 6.79. The number of fused-ring (bicyclic) bond motifs is 1. The molecular formula is C30H32F3N5O4. The Balaban J connectivity index is 1.01. The van der Waals surface area contributed by atoms with E-state index >= 15 is 0 Å². The number of halogens is 3. The van der Waals surface area contributed by atoms with Crippen LogP contribution in [0.1, 0.15) is 70.5 Å². The quantitative estimate of drug-likeness (QED) is 0.552. The molecule has 4 aliphatic rings. The van der Waals surface area contributed by atoms with Gasteiger partial charge in [0.05, 0.1) is 23.4 Å². The Labute approximate surface area is 241 Å². The van der Waals surface area contributed by atoms with Crippen molar-refractivity contribution in [2.75, 3.05) is 31.1 Å². The molecule has 0 spiro atoms. The first kappa shape index (κ1) is 28.2. The van der Waals surface area contributed by atoms with E-state index in [1.165, 1.54) is 17.0 Å². The number of imide groups is 1. The number of nitrogens with zero attached hydrogens (tertiary/aromatic N) is 4. The van der Waals surface area contributed by atoms with Crippen LogP contribution in [0.5, 0.6) is 0 Å². The number of carbonyl (C=O) groups is 4. The van der Waals surface area contributed by atoms with Crippen LogP contribution in [0.3, 0.4) is 0 Å². The Bertz CT molecular complexity index is 1410. The molecule has 1 atom stereocenters. The van der Waals surface area contributed by atoms with Gasteiger partial charge in [0.2, 0.25) is 11.8 Å². The van der Waals surface area contributed by atoms with Crippen molar-refractivity contribution >= 4 is 29.4 Å². The number of rotatable bonds is 4. The smallest absolute Gasteiger partial charge is 0.357 e. The van der Waals surface area contributed by atoms with Crippen molar-refractivity contribution in [3.05, 3.63) is 58.8 Å². The van der Waals surface area contributed by atoms with E-state index in [1.807, 2.05) is 6.07 Å². The van der Waals surface area contributed by atoms with Gasteiger partial charge in [-0.1, -0.05) is 6.07 Å². The largest absolute Gasteiger partial charge is 0.416 e. The van der Waals surface area contributed by atoms with Crippen LogP contribution in [-0.4, -0.2) is 70.6 Å². The van der Waals surface area contributed by atoms with Crippen molar-refractivity contribution in [3.63, 3.8) is 0 Å². The number of amides is 4. The maximum absolute atomic E-state index is 13.1. The molecule has 4 amide bonds. The third-order valence-corrected chi connectivity index (χ3v) is 9.15. The van der Waals surface area contributed by atoms with Gasteiger partial charge in [0.15, 0.2) is 0 Å². The second-order valence-corrected chi connectivity index (χ2v) is 11.6. The van der Waals surface area contributed by atoms with Gasteiger partial charge in [-0.2, -0.15) is 13.2 Å². The van der Waals surface area contributed by atoms with Crippen molar-refractivity contribution in [1.82, 2.24) is 20.1 Å². The molecule has 0 radical (unpaired) electrons. The van der Waals surface area contributed by atoms with Crippen LogP contribution in [-0.2, 0) is 22.3 Å². The predicted octanol–water partition coefficient (Wildman–Crippen LogP) is 3.63. The molecule has 0 bridgehead atoms. The molecule has 3 fully saturated rings. The lowest BCUT2D eigenvalue weighted by atomic mass is 9.78. The standard InChI is InChI=1S/C30H32F3N5O4/c31-30(32,33)21-3-1-2-20(16-21)28(41)37-14-10-19(11-15-37)18-8-12-36(13-9-18)25-6-4-22-23(34-25)17-38(29(22)42)24-5-7-26(39)35-27(24)40/h1-4,6,16,18-19,24H,5,7-15,17H2,(H,35,39,40). The fourth-order valence-corrected chi connectivity index (χ4v) is 6.79. The lowest BCUT2D eigenvalue weighted by Crippen LogP contribution is -2.52. The van der Waals surface area contributed by atoms with Gasteiger partial charge in [0.1, 0.15) is 11.9 Å². The molecule has 5 heterocycles. The van der Waals surface area contributed by atoms with Crippen molar-refractivity contribution in [3.8, 4) is 0 Å². The summed E-state index contributed by atoms with van der Waals surface area (Å²) in [6.07, 6.45) is -0.395. The number of alkyl halides is 3. The highest BCUT2D eigenvalue weighted by molar-refractivity contribution is 6.05. The summed E-state index contributed by atoms with van der Waals surface area (Å²) in [6.45, 7) is 2.92. The van der Waals surface area contributed by atoms with Gasteiger partial charge in [-0.15, -0.1) is 0 Å². The number of pyridine rings is 1. The lowest BCUT2D eigenvalue weighted by molar-refractivity contribution is -0.138. The van der Waals surface area contributed by atoms with Gasteiger partial charge in [-0.25, -0.2) is 4.98 Å². The van der Waals surface area contributed by atoms with Crippen molar-refractivity contribution in [2.45, 2.75) is 57.3 Å². The van der Waals surface area contributed by atoms with Crippen LogP contribution in [0.25, 0.3) is 0 Å². The van der Waals surface area contributed by atoms with Crippen molar-refractivity contribution in [2.24, 2.45) is 11.8 Å². The van der Waals surface area contributed by atoms with Gasteiger partial charge in [0, 0.05) is 38.2 Å². The summed E-state index contributed by atoms with van der Waals surface area (Å²) in [5.74, 6) is 0.379. The number of benzene rings is 1. The summed E-state index contributed by atoms with van der Waals surface area (Å²) >= 11 is 0. The fraction of sp³-hybridized carbons (Fsp3) is 0.500. The zero-order valence-electron chi connectivity index (χ0n) is 23.0. The molecule has 9 nitrogen and oxygen atoms in total. The van der Waals surface area contributed by atoms with Gasteiger partial charge >= 0.3 is 6.18 Å². The van der Waals surface area contributed by atoms with E-state index in [9.17, 15) is 32.3 Å². The average molecular weight is 584 g/mol. The molecule has 1 aromatic carbocycles. The molecule has 6 rings (SSSR count). The second kappa shape index (κ2) is 11.0. The summed E-state index contributed by atoms with van der Waals surface area (Å²) < 4.78 is 39.2. The van der Waals surface area contributed by atoms with Crippen LogP contribution >= 0.6 is 0 Å². The normalized spacial score (nSPS) is 22.4. The molecule has 0 aliphatic carbocycles. The molecule has 222 valence electrons. The van der Waals surface area contributed by atoms with E-state index in [0.29, 0.717) is 42.6 Å². The van der Waals surface area contributed by atoms with E-state index < -0.39 is 23.7 Å². The Kier molecular flexibility index (Phi) is 7.40. The highest BCUT2D eigenvalue weighted by Crippen LogP contribution is 2.35. The maximum Gasteiger partial charge on any atom is 0.416 e. The third kappa shape index (κ3) is 5.46. The molecule has 42 heavy (non-hydrogen) atoms. The zero-order valence-corrected chi connectivity index (χ0v) is 23.0. The van der Waals surface area contributed by atoms with E-state index in [0.717, 1.165) is 56.7 Å². The van der Waals surface area contributed by atoms with Gasteiger partial charge in [0.25, 0.3) is 11.8 Å². The molecule has 2 aromatic rings. The van der Waals surface area contributed by atoms with Gasteiger partial charge in [-0.3, -0.25) is 24.5 Å². The summed E-state index contributed by atoms with van der Waals surface area (Å²) in [6, 6.07) is 7.57. The summed E-state index contributed by atoms with van der Waals surface area (Å²) in [5.41, 5.74) is 0.387. The number of piperidine rings is 3. The molecular weight excluding hydrogens is 551 g/mol. The van der Waals surface area contributed by atoms with Gasteiger partial charge < -0.3 is 14.7 Å². The number of carbonyl (C=O) groups excluding carboxylic acids is 4. The molecule has 12 heteroatoms. The van der Waals surface area contributed by atoms with E-state index in [4.69, 9.17) is 4.98 Å². The minimum atomic E-state index is -4.49. The molecule has 1 aromatic heterocycles. The summed E-state index contributed by atoms with van der Waals surface area (Å²) in [4.78, 5) is 59.8. The Morgan fingerprint density at radius 3 is 2.26 bits per heavy atom. The van der Waals surface area contributed by atoms with Crippen LogP contribution in [0.2, 0.25) is 0 Å². The average Bonchev–Trinajstić information content (AvgIpc) is 3.31. The maximum atomic E-state index is 13.1. The number of anilines is 1. The number of nitrogens with one attached hydrogen (secondary N) is 1. The molecule has 4 aliphatic heterocycles. The number of aromatic nitrogens is 1. The first-order valence-corrected chi connectivity index (χ1v) is 14.4.